The van der Waals surface area contributed by atoms with Crippen molar-refractivity contribution in [1.82, 2.24) is 5.32 Å². The molecule has 1 N–H and O–H groups in total. The maximum absolute atomic E-state index is 5.32. The van der Waals surface area contributed by atoms with E-state index < -0.39 is 0 Å². The Morgan fingerprint density at radius 2 is 1.47 bits per heavy atom. The summed E-state index contributed by atoms with van der Waals surface area (Å²) in [6.07, 6.45) is 21.1. The monoisotopic (exact) mass is 265 g/mol. The van der Waals surface area contributed by atoms with Crippen molar-refractivity contribution in [2.24, 2.45) is 0 Å². The maximum atomic E-state index is 5.32. The third-order valence-corrected chi connectivity index (χ3v) is 3.71. The minimum absolute atomic E-state index is 0.698. The Morgan fingerprint density at radius 1 is 0.842 bits per heavy atom. The van der Waals surface area contributed by atoms with Crippen molar-refractivity contribution in [1.29, 1.82) is 0 Å². The van der Waals surface area contributed by atoms with E-state index in [1.165, 1.54) is 70.6 Å². The number of nitrogens with one attached hydrogen (secondary N) is 1. The molecule has 0 amide bonds. The van der Waals surface area contributed by atoms with Gasteiger partial charge in [0.15, 0.2) is 0 Å². The molecule has 0 aromatic heterocycles. The molecule has 0 fully saturated rings. The van der Waals surface area contributed by atoms with E-state index in [0.717, 1.165) is 13.0 Å². The van der Waals surface area contributed by atoms with Gasteiger partial charge in [0.05, 0.1) is 0 Å². The lowest BCUT2D eigenvalue weighted by Crippen LogP contribution is -2.29. The summed E-state index contributed by atoms with van der Waals surface area (Å²) in [6, 6.07) is 0.698. The molecule has 0 saturated heterocycles. The summed E-state index contributed by atoms with van der Waals surface area (Å²) >= 11 is 0. The maximum Gasteiger partial charge on any atom is 0.00866 e. The molecular weight excluding hydrogens is 230 g/mol. The molecule has 0 aromatic rings. The summed E-state index contributed by atoms with van der Waals surface area (Å²) < 4.78 is 0. The second-order valence-electron chi connectivity index (χ2n) is 5.66. The van der Waals surface area contributed by atoms with Gasteiger partial charge in [-0.25, -0.2) is 0 Å². The molecule has 0 spiro atoms. The summed E-state index contributed by atoms with van der Waals surface area (Å²) in [4.78, 5) is 0. The molecule has 112 valence electrons. The molecule has 0 aromatic carbocycles. The van der Waals surface area contributed by atoms with Crippen molar-refractivity contribution in [2.45, 2.75) is 96.9 Å². The lowest BCUT2D eigenvalue weighted by molar-refractivity contribution is 0.422. The Kier molecular flexibility index (Phi) is 15.2. The van der Waals surface area contributed by atoms with Gasteiger partial charge in [-0.3, -0.25) is 0 Å². The van der Waals surface area contributed by atoms with Crippen LogP contribution in [0.5, 0.6) is 0 Å². The average molecular weight is 265 g/mol. The van der Waals surface area contributed by atoms with E-state index in [9.17, 15) is 0 Å². The largest absolute Gasteiger partial charge is 0.314 e. The van der Waals surface area contributed by atoms with Crippen LogP contribution in [0, 0.1) is 12.3 Å². The number of rotatable bonds is 14. The molecule has 0 rings (SSSR count). The van der Waals surface area contributed by atoms with Gasteiger partial charge in [-0.2, -0.15) is 0 Å². The summed E-state index contributed by atoms with van der Waals surface area (Å²) in [5, 5.41) is 3.67. The Bertz CT molecular complexity index is 204. The standard InChI is InChI=1S/C18H35N/c1-4-7-9-10-11-12-14-16-18(19-17-6-3)15-13-8-5-2/h2,18-19H,4,6-17H2,1,3H3. The minimum Gasteiger partial charge on any atom is -0.314 e. The van der Waals surface area contributed by atoms with Gasteiger partial charge in [0, 0.05) is 12.5 Å². The Hall–Kier alpha value is -0.480. The quantitative estimate of drug-likeness (QED) is 0.332. The summed E-state index contributed by atoms with van der Waals surface area (Å²) in [6.45, 7) is 5.66. The number of hydrogen-bond acceptors (Lipinski definition) is 1. The predicted octanol–water partition coefficient (Wildman–Crippen LogP) is 5.30. The van der Waals surface area contributed by atoms with E-state index >= 15 is 0 Å². The van der Waals surface area contributed by atoms with Crippen molar-refractivity contribution >= 4 is 0 Å². The first-order valence-corrected chi connectivity index (χ1v) is 8.52. The zero-order valence-electron chi connectivity index (χ0n) is 13.3. The van der Waals surface area contributed by atoms with Crippen LogP contribution in [0.25, 0.3) is 0 Å². The van der Waals surface area contributed by atoms with Crippen LogP contribution in [-0.4, -0.2) is 12.6 Å². The zero-order valence-corrected chi connectivity index (χ0v) is 13.3. The first-order chi connectivity index (χ1) is 9.35. The van der Waals surface area contributed by atoms with Gasteiger partial charge in [-0.15, -0.1) is 12.3 Å². The van der Waals surface area contributed by atoms with Gasteiger partial charge < -0.3 is 5.32 Å². The van der Waals surface area contributed by atoms with E-state index in [1.807, 2.05) is 0 Å². The van der Waals surface area contributed by atoms with Gasteiger partial charge in [-0.05, 0) is 32.2 Å². The van der Waals surface area contributed by atoms with E-state index in [2.05, 4.69) is 25.1 Å². The van der Waals surface area contributed by atoms with Crippen LogP contribution in [0.3, 0.4) is 0 Å². The lowest BCUT2D eigenvalue weighted by Gasteiger charge is -2.18. The molecular formula is C18H35N. The van der Waals surface area contributed by atoms with Crippen molar-refractivity contribution in [3.8, 4) is 12.3 Å². The highest BCUT2D eigenvalue weighted by molar-refractivity contribution is 4.83. The van der Waals surface area contributed by atoms with Crippen LogP contribution in [0.1, 0.15) is 90.9 Å². The molecule has 1 heteroatoms. The smallest absolute Gasteiger partial charge is 0.00866 e. The van der Waals surface area contributed by atoms with Crippen molar-refractivity contribution in [3.05, 3.63) is 0 Å². The Morgan fingerprint density at radius 3 is 2.11 bits per heavy atom. The minimum atomic E-state index is 0.698. The highest BCUT2D eigenvalue weighted by Crippen LogP contribution is 2.12. The van der Waals surface area contributed by atoms with E-state index in [4.69, 9.17) is 6.42 Å². The molecule has 0 heterocycles. The second kappa shape index (κ2) is 15.6. The highest BCUT2D eigenvalue weighted by Gasteiger charge is 2.06. The molecule has 0 aliphatic heterocycles. The van der Waals surface area contributed by atoms with Gasteiger partial charge in [-0.1, -0.05) is 58.8 Å². The van der Waals surface area contributed by atoms with Crippen LogP contribution in [-0.2, 0) is 0 Å². The molecule has 0 saturated carbocycles. The molecule has 1 atom stereocenters. The zero-order chi connectivity index (χ0) is 14.2. The third-order valence-electron chi connectivity index (χ3n) is 3.71. The third kappa shape index (κ3) is 13.7. The first-order valence-electron chi connectivity index (χ1n) is 8.52. The average Bonchev–Trinajstić information content (AvgIpc) is 2.43. The van der Waals surface area contributed by atoms with Crippen molar-refractivity contribution in [3.63, 3.8) is 0 Å². The van der Waals surface area contributed by atoms with Crippen LogP contribution in [0.15, 0.2) is 0 Å². The van der Waals surface area contributed by atoms with Crippen LogP contribution in [0.2, 0.25) is 0 Å². The van der Waals surface area contributed by atoms with Gasteiger partial charge in [0.25, 0.3) is 0 Å². The van der Waals surface area contributed by atoms with Gasteiger partial charge in [0.1, 0.15) is 0 Å². The number of unbranched alkanes of at least 4 members (excludes halogenated alkanes) is 7. The fourth-order valence-corrected chi connectivity index (χ4v) is 2.50. The van der Waals surface area contributed by atoms with Crippen LogP contribution >= 0.6 is 0 Å². The van der Waals surface area contributed by atoms with Crippen LogP contribution in [0.4, 0.5) is 0 Å². The van der Waals surface area contributed by atoms with Gasteiger partial charge >= 0.3 is 0 Å². The van der Waals surface area contributed by atoms with E-state index in [1.54, 1.807) is 0 Å². The summed E-state index contributed by atoms with van der Waals surface area (Å²) in [7, 11) is 0. The molecule has 19 heavy (non-hydrogen) atoms. The van der Waals surface area contributed by atoms with Crippen LogP contribution < -0.4 is 5.32 Å². The molecule has 0 aliphatic carbocycles. The normalized spacial score (nSPS) is 12.3. The first kappa shape index (κ1) is 18.5. The van der Waals surface area contributed by atoms with E-state index in [0.29, 0.717) is 6.04 Å². The predicted molar refractivity (Wildman–Crippen MR) is 87.4 cm³/mol. The number of terminal acetylenes is 1. The molecule has 0 aliphatic rings. The molecule has 1 nitrogen and oxygen atoms in total. The molecule has 0 radical (unpaired) electrons. The second-order valence-corrected chi connectivity index (χ2v) is 5.66. The van der Waals surface area contributed by atoms with Crippen molar-refractivity contribution < 1.29 is 0 Å². The molecule has 0 bridgehead atoms. The topological polar surface area (TPSA) is 12.0 Å². The highest BCUT2D eigenvalue weighted by atomic mass is 14.9. The lowest BCUT2D eigenvalue weighted by atomic mass is 10.0. The SMILES string of the molecule is C#CCCCC(CCCCCCCCC)NCCC. The van der Waals surface area contributed by atoms with Crippen molar-refractivity contribution in [2.75, 3.05) is 6.54 Å². The Labute approximate surface area is 121 Å². The van der Waals surface area contributed by atoms with E-state index in [-0.39, 0.29) is 0 Å². The molecule has 1 unspecified atom stereocenters. The fraction of sp³-hybridized carbons (Fsp3) is 0.889. The number of hydrogen-bond donors (Lipinski definition) is 1. The fourth-order valence-electron chi connectivity index (χ4n) is 2.50. The summed E-state index contributed by atoms with van der Waals surface area (Å²) in [5.41, 5.74) is 0. The Balaban J connectivity index is 3.52. The van der Waals surface area contributed by atoms with Gasteiger partial charge in [0.2, 0.25) is 0 Å². The summed E-state index contributed by atoms with van der Waals surface area (Å²) in [5.74, 6) is 2.75.